The Bertz CT molecular complexity index is 370. The van der Waals surface area contributed by atoms with Crippen molar-refractivity contribution in [3.63, 3.8) is 0 Å². The van der Waals surface area contributed by atoms with E-state index in [0.717, 1.165) is 24.0 Å². The third kappa shape index (κ3) is 3.30. The smallest absolute Gasteiger partial charge is 0.0699 e. The van der Waals surface area contributed by atoms with Crippen LogP contribution in [-0.2, 0) is 6.42 Å². The van der Waals surface area contributed by atoms with Gasteiger partial charge in [-0.25, -0.2) is 0 Å². The number of hydrogen-bond donors (Lipinski definition) is 1. The third-order valence-electron chi connectivity index (χ3n) is 3.58. The standard InChI is InChI=1S/C14H21BrN2/c1-14(16,17-9-5-2-6-10-17)11-12-7-3-4-8-13(12)15/h3-4,7-8H,2,5-6,9-11,16H2,1H3. The Balaban J connectivity index is 2.08. The quantitative estimate of drug-likeness (QED) is 0.928. The molecule has 2 rings (SSSR count). The van der Waals surface area contributed by atoms with Gasteiger partial charge in [0.25, 0.3) is 0 Å². The van der Waals surface area contributed by atoms with E-state index in [9.17, 15) is 0 Å². The lowest BCUT2D eigenvalue weighted by atomic mass is 9.98. The first-order chi connectivity index (χ1) is 8.09. The highest BCUT2D eigenvalue weighted by molar-refractivity contribution is 9.10. The average molecular weight is 297 g/mol. The van der Waals surface area contributed by atoms with Crippen LogP contribution in [0.5, 0.6) is 0 Å². The maximum atomic E-state index is 6.50. The van der Waals surface area contributed by atoms with Crippen molar-refractivity contribution in [2.75, 3.05) is 13.1 Å². The SMILES string of the molecule is CC(N)(Cc1ccccc1Br)N1CCCCC1. The number of piperidine rings is 1. The van der Waals surface area contributed by atoms with Crippen molar-refractivity contribution in [1.82, 2.24) is 4.90 Å². The van der Waals surface area contributed by atoms with Gasteiger partial charge in [-0.2, -0.15) is 0 Å². The van der Waals surface area contributed by atoms with Gasteiger partial charge in [0.2, 0.25) is 0 Å². The number of likely N-dealkylation sites (tertiary alicyclic amines) is 1. The molecular weight excluding hydrogens is 276 g/mol. The Morgan fingerprint density at radius 3 is 2.53 bits per heavy atom. The molecule has 2 N–H and O–H groups in total. The van der Waals surface area contributed by atoms with Gasteiger partial charge in [-0.05, 0) is 44.5 Å². The molecule has 1 aromatic carbocycles. The molecule has 0 aliphatic carbocycles. The molecule has 0 spiro atoms. The molecule has 0 aromatic heterocycles. The molecule has 94 valence electrons. The Labute approximate surface area is 112 Å². The van der Waals surface area contributed by atoms with Gasteiger partial charge < -0.3 is 5.73 Å². The van der Waals surface area contributed by atoms with E-state index in [0.29, 0.717) is 0 Å². The summed E-state index contributed by atoms with van der Waals surface area (Å²) >= 11 is 3.60. The highest BCUT2D eigenvalue weighted by atomic mass is 79.9. The van der Waals surface area contributed by atoms with Gasteiger partial charge in [0, 0.05) is 10.9 Å². The fraction of sp³-hybridized carbons (Fsp3) is 0.571. The molecule has 1 aromatic rings. The van der Waals surface area contributed by atoms with Crippen LogP contribution in [0.3, 0.4) is 0 Å². The molecule has 1 aliphatic rings. The normalized spacial score (nSPS) is 21.1. The highest BCUT2D eigenvalue weighted by Crippen LogP contribution is 2.24. The minimum Gasteiger partial charge on any atom is -0.313 e. The maximum absolute atomic E-state index is 6.50. The molecule has 1 fully saturated rings. The van der Waals surface area contributed by atoms with Gasteiger partial charge in [0.05, 0.1) is 5.66 Å². The first kappa shape index (κ1) is 13.1. The van der Waals surface area contributed by atoms with E-state index in [1.165, 1.54) is 24.8 Å². The topological polar surface area (TPSA) is 29.3 Å². The summed E-state index contributed by atoms with van der Waals surface area (Å²) < 4.78 is 1.16. The zero-order chi connectivity index (χ0) is 12.3. The fourth-order valence-electron chi connectivity index (χ4n) is 2.54. The zero-order valence-corrected chi connectivity index (χ0v) is 12.0. The molecule has 3 heteroatoms. The minimum absolute atomic E-state index is 0.232. The van der Waals surface area contributed by atoms with Crippen LogP contribution in [0.2, 0.25) is 0 Å². The average Bonchev–Trinajstić information content (AvgIpc) is 2.33. The van der Waals surface area contributed by atoms with E-state index in [-0.39, 0.29) is 5.66 Å². The second-order valence-corrected chi connectivity index (χ2v) is 6.03. The van der Waals surface area contributed by atoms with Crippen molar-refractivity contribution in [3.8, 4) is 0 Å². The van der Waals surface area contributed by atoms with Crippen LogP contribution in [0.15, 0.2) is 28.7 Å². The second-order valence-electron chi connectivity index (χ2n) is 5.17. The molecule has 0 bridgehead atoms. The van der Waals surface area contributed by atoms with Crippen LogP contribution in [0, 0.1) is 0 Å². The predicted molar refractivity (Wildman–Crippen MR) is 75.9 cm³/mol. The van der Waals surface area contributed by atoms with Gasteiger partial charge >= 0.3 is 0 Å². The Morgan fingerprint density at radius 1 is 1.24 bits per heavy atom. The summed E-state index contributed by atoms with van der Waals surface area (Å²) in [4.78, 5) is 2.43. The van der Waals surface area contributed by atoms with Crippen LogP contribution < -0.4 is 5.73 Å². The van der Waals surface area contributed by atoms with Crippen LogP contribution >= 0.6 is 15.9 Å². The van der Waals surface area contributed by atoms with E-state index in [4.69, 9.17) is 5.73 Å². The molecule has 17 heavy (non-hydrogen) atoms. The summed E-state index contributed by atoms with van der Waals surface area (Å²) in [7, 11) is 0. The van der Waals surface area contributed by atoms with Crippen LogP contribution in [0.1, 0.15) is 31.7 Å². The summed E-state index contributed by atoms with van der Waals surface area (Å²) in [5, 5.41) is 0. The molecule has 0 amide bonds. The van der Waals surface area contributed by atoms with Gasteiger partial charge in [0.15, 0.2) is 0 Å². The van der Waals surface area contributed by atoms with Crippen molar-refractivity contribution >= 4 is 15.9 Å². The summed E-state index contributed by atoms with van der Waals surface area (Å²) in [5.41, 5.74) is 7.56. The van der Waals surface area contributed by atoms with Crippen LogP contribution in [0.25, 0.3) is 0 Å². The number of halogens is 1. The zero-order valence-electron chi connectivity index (χ0n) is 10.5. The second kappa shape index (κ2) is 5.51. The lowest BCUT2D eigenvalue weighted by Crippen LogP contribution is -2.56. The molecule has 1 heterocycles. The molecule has 1 unspecified atom stereocenters. The molecule has 1 aliphatic heterocycles. The van der Waals surface area contributed by atoms with Crippen LogP contribution in [0.4, 0.5) is 0 Å². The first-order valence-corrected chi connectivity index (χ1v) is 7.16. The van der Waals surface area contributed by atoms with E-state index in [2.05, 4.69) is 46.0 Å². The maximum Gasteiger partial charge on any atom is 0.0699 e. The Kier molecular flexibility index (Phi) is 4.23. The van der Waals surface area contributed by atoms with E-state index in [1.54, 1.807) is 0 Å². The highest BCUT2D eigenvalue weighted by Gasteiger charge is 2.29. The lowest BCUT2D eigenvalue weighted by molar-refractivity contribution is 0.0855. The molecule has 0 radical (unpaired) electrons. The van der Waals surface area contributed by atoms with Gasteiger partial charge in [-0.1, -0.05) is 40.5 Å². The summed E-state index contributed by atoms with van der Waals surface area (Å²) in [6.45, 7) is 4.42. The number of rotatable bonds is 3. The van der Waals surface area contributed by atoms with Gasteiger partial charge in [-0.3, -0.25) is 4.90 Å². The third-order valence-corrected chi connectivity index (χ3v) is 4.36. The summed E-state index contributed by atoms with van der Waals surface area (Å²) in [6, 6.07) is 8.36. The molecular formula is C14H21BrN2. The summed E-state index contributed by atoms with van der Waals surface area (Å²) in [5.74, 6) is 0. The van der Waals surface area contributed by atoms with E-state index >= 15 is 0 Å². The fourth-order valence-corrected chi connectivity index (χ4v) is 2.97. The molecule has 2 nitrogen and oxygen atoms in total. The Hall–Kier alpha value is -0.380. The van der Waals surface area contributed by atoms with Crippen molar-refractivity contribution in [2.45, 2.75) is 38.3 Å². The van der Waals surface area contributed by atoms with E-state index in [1.807, 2.05) is 6.07 Å². The van der Waals surface area contributed by atoms with Crippen molar-refractivity contribution in [1.29, 1.82) is 0 Å². The molecule has 1 atom stereocenters. The number of nitrogens with zero attached hydrogens (tertiary/aromatic N) is 1. The minimum atomic E-state index is -0.232. The lowest BCUT2D eigenvalue weighted by Gasteiger charge is -2.41. The molecule has 1 saturated heterocycles. The van der Waals surface area contributed by atoms with Crippen molar-refractivity contribution in [2.24, 2.45) is 5.73 Å². The summed E-state index contributed by atoms with van der Waals surface area (Å²) in [6.07, 6.45) is 4.81. The van der Waals surface area contributed by atoms with Crippen molar-refractivity contribution < 1.29 is 0 Å². The Morgan fingerprint density at radius 2 is 1.88 bits per heavy atom. The monoisotopic (exact) mass is 296 g/mol. The number of nitrogens with two attached hydrogens (primary N) is 1. The largest absolute Gasteiger partial charge is 0.313 e. The number of benzene rings is 1. The van der Waals surface area contributed by atoms with Gasteiger partial charge in [-0.15, -0.1) is 0 Å². The molecule has 0 saturated carbocycles. The number of hydrogen-bond acceptors (Lipinski definition) is 2. The van der Waals surface area contributed by atoms with Gasteiger partial charge in [0.1, 0.15) is 0 Å². The van der Waals surface area contributed by atoms with Crippen molar-refractivity contribution in [3.05, 3.63) is 34.3 Å². The predicted octanol–water partition coefficient (Wildman–Crippen LogP) is 3.15. The first-order valence-electron chi connectivity index (χ1n) is 6.37. The van der Waals surface area contributed by atoms with Crippen LogP contribution in [-0.4, -0.2) is 23.7 Å². The van der Waals surface area contributed by atoms with E-state index < -0.39 is 0 Å².